The van der Waals surface area contributed by atoms with Gasteiger partial charge in [-0.25, -0.2) is 0 Å². The first-order valence-electron chi connectivity index (χ1n) is 6.99. The summed E-state index contributed by atoms with van der Waals surface area (Å²) in [6.07, 6.45) is 0. The largest absolute Gasteiger partial charge is 0.378 e. The minimum atomic E-state index is 0.201. The summed E-state index contributed by atoms with van der Waals surface area (Å²) in [6, 6.07) is 17.3. The van der Waals surface area contributed by atoms with Gasteiger partial charge in [-0.2, -0.15) is 0 Å². The highest BCUT2D eigenvalue weighted by molar-refractivity contribution is 9.10. The van der Waals surface area contributed by atoms with E-state index in [2.05, 4.69) is 91.4 Å². The molecule has 0 aromatic heterocycles. The van der Waals surface area contributed by atoms with Crippen molar-refractivity contribution in [3.05, 3.63) is 64.1 Å². The molecule has 1 N–H and O–H groups in total. The number of anilines is 1. The smallest absolute Gasteiger partial charge is 0.0496 e. The van der Waals surface area contributed by atoms with Crippen molar-refractivity contribution in [2.24, 2.45) is 0 Å². The predicted octanol–water partition coefficient (Wildman–Crippen LogP) is 5.92. The molecule has 20 heavy (non-hydrogen) atoms. The van der Waals surface area contributed by atoms with Gasteiger partial charge in [-0.1, -0.05) is 67.0 Å². The van der Waals surface area contributed by atoms with E-state index in [4.69, 9.17) is 0 Å². The molecule has 1 atom stereocenters. The van der Waals surface area contributed by atoms with Crippen molar-refractivity contribution in [2.45, 2.75) is 39.2 Å². The van der Waals surface area contributed by atoms with Crippen LogP contribution in [0.5, 0.6) is 0 Å². The standard InChI is InChI=1S/C18H22BrN/c1-13(16-7-5-6-8-17(16)19)20-15-11-9-14(10-12-15)18(2,3)4/h5-13,20H,1-4H3. The molecule has 0 spiro atoms. The monoisotopic (exact) mass is 331 g/mol. The molecular formula is C18H22BrN. The molecule has 0 aliphatic carbocycles. The van der Waals surface area contributed by atoms with Gasteiger partial charge < -0.3 is 5.32 Å². The molecule has 106 valence electrons. The lowest BCUT2D eigenvalue weighted by Crippen LogP contribution is -2.11. The number of rotatable bonds is 3. The fourth-order valence-electron chi connectivity index (χ4n) is 2.22. The fraction of sp³-hybridized carbons (Fsp3) is 0.333. The average Bonchev–Trinajstić information content (AvgIpc) is 2.38. The van der Waals surface area contributed by atoms with Crippen LogP contribution < -0.4 is 5.32 Å². The van der Waals surface area contributed by atoms with E-state index in [1.165, 1.54) is 11.1 Å². The molecule has 0 fully saturated rings. The summed E-state index contributed by atoms with van der Waals surface area (Å²) in [5, 5.41) is 3.55. The molecule has 0 saturated carbocycles. The van der Waals surface area contributed by atoms with E-state index in [1.54, 1.807) is 0 Å². The first-order chi connectivity index (χ1) is 9.38. The van der Waals surface area contributed by atoms with Crippen molar-refractivity contribution in [3.8, 4) is 0 Å². The number of hydrogen-bond acceptors (Lipinski definition) is 1. The molecule has 2 aromatic carbocycles. The minimum Gasteiger partial charge on any atom is -0.378 e. The van der Waals surface area contributed by atoms with Gasteiger partial charge in [0.05, 0.1) is 0 Å². The summed E-state index contributed by atoms with van der Waals surface area (Å²) < 4.78 is 1.14. The van der Waals surface area contributed by atoms with Gasteiger partial charge >= 0.3 is 0 Å². The summed E-state index contributed by atoms with van der Waals surface area (Å²) in [7, 11) is 0. The molecule has 2 aromatic rings. The van der Waals surface area contributed by atoms with E-state index in [1.807, 2.05) is 6.07 Å². The van der Waals surface area contributed by atoms with Gasteiger partial charge in [0.15, 0.2) is 0 Å². The van der Waals surface area contributed by atoms with Gasteiger partial charge in [0.2, 0.25) is 0 Å². The van der Waals surface area contributed by atoms with E-state index in [0.29, 0.717) is 0 Å². The third kappa shape index (κ3) is 3.63. The summed E-state index contributed by atoms with van der Waals surface area (Å²) in [4.78, 5) is 0. The Morgan fingerprint density at radius 1 is 0.950 bits per heavy atom. The second kappa shape index (κ2) is 6.01. The Balaban J connectivity index is 2.13. The maximum atomic E-state index is 3.61. The quantitative estimate of drug-likeness (QED) is 0.736. The maximum absolute atomic E-state index is 3.61. The Labute approximate surface area is 130 Å². The SMILES string of the molecule is CC(Nc1ccc(C(C)(C)C)cc1)c1ccccc1Br. The van der Waals surface area contributed by atoms with E-state index in [9.17, 15) is 0 Å². The molecule has 2 heteroatoms. The Kier molecular flexibility index (Phi) is 4.54. The van der Waals surface area contributed by atoms with Crippen LogP contribution in [0.1, 0.15) is 44.9 Å². The highest BCUT2D eigenvalue weighted by Gasteiger charge is 2.13. The maximum Gasteiger partial charge on any atom is 0.0496 e. The summed E-state index contributed by atoms with van der Waals surface area (Å²) in [6.45, 7) is 8.88. The predicted molar refractivity (Wildman–Crippen MR) is 91.3 cm³/mol. The molecule has 2 rings (SSSR count). The van der Waals surface area contributed by atoms with E-state index in [-0.39, 0.29) is 11.5 Å². The average molecular weight is 332 g/mol. The Hall–Kier alpha value is -1.28. The first kappa shape index (κ1) is 15.1. The number of halogens is 1. The van der Waals surface area contributed by atoms with Crippen LogP contribution in [0.4, 0.5) is 5.69 Å². The topological polar surface area (TPSA) is 12.0 Å². The number of benzene rings is 2. The molecule has 0 aliphatic heterocycles. The van der Waals surface area contributed by atoms with Gasteiger partial charge in [-0.3, -0.25) is 0 Å². The molecule has 0 amide bonds. The minimum absolute atomic E-state index is 0.201. The Morgan fingerprint density at radius 3 is 2.10 bits per heavy atom. The Morgan fingerprint density at radius 2 is 1.55 bits per heavy atom. The van der Waals surface area contributed by atoms with Crippen LogP contribution in [0.25, 0.3) is 0 Å². The van der Waals surface area contributed by atoms with E-state index in [0.717, 1.165) is 10.2 Å². The zero-order valence-electron chi connectivity index (χ0n) is 12.6. The van der Waals surface area contributed by atoms with Crippen LogP contribution in [-0.2, 0) is 5.41 Å². The van der Waals surface area contributed by atoms with Crippen LogP contribution in [-0.4, -0.2) is 0 Å². The van der Waals surface area contributed by atoms with Gasteiger partial charge in [-0.05, 0) is 41.7 Å². The zero-order valence-corrected chi connectivity index (χ0v) is 14.2. The number of nitrogens with one attached hydrogen (secondary N) is 1. The first-order valence-corrected chi connectivity index (χ1v) is 7.79. The van der Waals surface area contributed by atoms with Crippen molar-refractivity contribution >= 4 is 21.6 Å². The summed E-state index contributed by atoms with van der Waals surface area (Å²) >= 11 is 3.61. The molecule has 0 radical (unpaired) electrons. The lowest BCUT2D eigenvalue weighted by Gasteiger charge is -2.21. The molecular weight excluding hydrogens is 310 g/mol. The molecule has 0 saturated heterocycles. The lowest BCUT2D eigenvalue weighted by molar-refractivity contribution is 0.590. The zero-order chi connectivity index (χ0) is 14.8. The van der Waals surface area contributed by atoms with Gasteiger partial charge in [-0.15, -0.1) is 0 Å². The summed E-state index contributed by atoms with van der Waals surface area (Å²) in [5.41, 5.74) is 3.98. The number of hydrogen-bond donors (Lipinski definition) is 1. The van der Waals surface area contributed by atoms with E-state index < -0.39 is 0 Å². The highest BCUT2D eigenvalue weighted by atomic mass is 79.9. The Bertz CT molecular complexity index is 567. The van der Waals surface area contributed by atoms with Crippen molar-refractivity contribution in [1.29, 1.82) is 0 Å². The van der Waals surface area contributed by atoms with Crippen LogP contribution in [0.2, 0.25) is 0 Å². The van der Waals surface area contributed by atoms with E-state index >= 15 is 0 Å². The van der Waals surface area contributed by atoms with Crippen molar-refractivity contribution in [2.75, 3.05) is 5.32 Å². The second-order valence-electron chi connectivity index (χ2n) is 6.21. The van der Waals surface area contributed by atoms with Crippen LogP contribution in [0.3, 0.4) is 0 Å². The van der Waals surface area contributed by atoms with Gasteiger partial charge in [0.25, 0.3) is 0 Å². The van der Waals surface area contributed by atoms with Crippen LogP contribution in [0.15, 0.2) is 53.0 Å². The molecule has 1 unspecified atom stereocenters. The third-order valence-electron chi connectivity index (χ3n) is 3.51. The lowest BCUT2D eigenvalue weighted by atomic mass is 9.87. The highest BCUT2D eigenvalue weighted by Crippen LogP contribution is 2.28. The summed E-state index contributed by atoms with van der Waals surface area (Å²) in [5.74, 6) is 0. The van der Waals surface area contributed by atoms with Crippen LogP contribution >= 0.6 is 15.9 Å². The molecule has 0 heterocycles. The van der Waals surface area contributed by atoms with Gasteiger partial charge in [0.1, 0.15) is 0 Å². The fourth-order valence-corrected chi connectivity index (χ4v) is 2.85. The second-order valence-corrected chi connectivity index (χ2v) is 7.07. The third-order valence-corrected chi connectivity index (χ3v) is 4.23. The molecule has 0 bridgehead atoms. The molecule has 1 nitrogen and oxygen atoms in total. The van der Waals surface area contributed by atoms with Gasteiger partial charge in [0, 0.05) is 16.2 Å². The van der Waals surface area contributed by atoms with Crippen molar-refractivity contribution < 1.29 is 0 Å². The van der Waals surface area contributed by atoms with Crippen molar-refractivity contribution in [1.82, 2.24) is 0 Å². The van der Waals surface area contributed by atoms with Crippen LogP contribution in [0, 0.1) is 0 Å². The molecule has 0 aliphatic rings. The normalized spacial score (nSPS) is 13.1. The van der Waals surface area contributed by atoms with Crippen molar-refractivity contribution in [3.63, 3.8) is 0 Å².